The normalized spacial score (nSPS) is 12.4. The summed E-state index contributed by atoms with van der Waals surface area (Å²) in [5, 5.41) is 12.6. The summed E-state index contributed by atoms with van der Waals surface area (Å²) in [6.45, 7) is 1.62. The number of hydrogen-bond donors (Lipinski definition) is 2. The maximum Gasteiger partial charge on any atom is 0.252 e. The van der Waals surface area contributed by atoms with Gasteiger partial charge >= 0.3 is 0 Å². The molecule has 0 bridgehead atoms. The highest BCUT2D eigenvalue weighted by molar-refractivity contribution is 6.30. The Morgan fingerprint density at radius 1 is 1.50 bits per heavy atom. The first-order chi connectivity index (χ1) is 8.61. The molecule has 2 rings (SSSR count). The number of hydrogen-bond acceptors (Lipinski definition) is 3. The number of aromatic nitrogens is 1. The van der Waals surface area contributed by atoms with E-state index >= 15 is 0 Å². The SMILES string of the molecule is C[C@H](CO)NC(=O)c1cc(Cl)nc2ccccc12. The molecule has 0 saturated carbocycles. The van der Waals surface area contributed by atoms with Crippen LogP contribution in [-0.2, 0) is 0 Å². The lowest BCUT2D eigenvalue weighted by molar-refractivity contribution is 0.0924. The Bertz CT molecular complexity index is 586. The van der Waals surface area contributed by atoms with E-state index in [0.29, 0.717) is 11.1 Å². The summed E-state index contributed by atoms with van der Waals surface area (Å²) in [7, 11) is 0. The van der Waals surface area contributed by atoms with Gasteiger partial charge in [0.2, 0.25) is 0 Å². The number of amides is 1. The van der Waals surface area contributed by atoms with Gasteiger partial charge in [-0.05, 0) is 19.1 Å². The van der Waals surface area contributed by atoms with Gasteiger partial charge in [-0.2, -0.15) is 0 Å². The van der Waals surface area contributed by atoms with Gasteiger partial charge in [0.1, 0.15) is 5.15 Å². The van der Waals surface area contributed by atoms with Crippen LogP contribution in [0.4, 0.5) is 0 Å². The number of pyridine rings is 1. The van der Waals surface area contributed by atoms with Crippen molar-refractivity contribution >= 4 is 28.4 Å². The summed E-state index contributed by atoms with van der Waals surface area (Å²) in [6, 6.07) is 8.52. The summed E-state index contributed by atoms with van der Waals surface area (Å²) in [5.41, 5.74) is 1.14. The Hall–Kier alpha value is -1.65. The third-order valence-corrected chi connectivity index (χ3v) is 2.77. The maximum absolute atomic E-state index is 12.1. The molecule has 0 fully saturated rings. The van der Waals surface area contributed by atoms with E-state index in [4.69, 9.17) is 16.7 Å². The van der Waals surface area contributed by atoms with Gasteiger partial charge in [0.15, 0.2) is 0 Å². The first-order valence-corrected chi connectivity index (χ1v) is 5.96. The van der Waals surface area contributed by atoms with Crippen molar-refractivity contribution in [1.82, 2.24) is 10.3 Å². The number of aliphatic hydroxyl groups is 1. The molecular weight excluding hydrogens is 252 g/mol. The molecule has 1 atom stereocenters. The van der Waals surface area contributed by atoms with Crippen LogP contribution in [0, 0.1) is 0 Å². The number of nitrogens with one attached hydrogen (secondary N) is 1. The summed E-state index contributed by atoms with van der Waals surface area (Å²) in [5.74, 6) is -0.267. The first kappa shape index (κ1) is 12.8. The second-order valence-corrected chi connectivity index (χ2v) is 4.45. The number of para-hydroxylation sites is 1. The summed E-state index contributed by atoms with van der Waals surface area (Å²) < 4.78 is 0. The molecule has 0 saturated heterocycles. The Kier molecular flexibility index (Phi) is 3.79. The molecule has 1 heterocycles. The third-order valence-electron chi connectivity index (χ3n) is 2.58. The molecule has 0 aliphatic heterocycles. The standard InChI is InChI=1S/C13H13ClN2O2/c1-8(7-17)15-13(18)10-6-12(14)16-11-5-3-2-4-9(10)11/h2-6,8,17H,7H2,1H3,(H,15,18)/t8-/m1/s1. The molecule has 0 radical (unpaired) electrons. The number of fused-ring (bicyclic) bond motifs is 1. The van der Waals surface area contributed by atoms with Gasteiger partial charge in [-0.3, -0.25) is 4.79 Å². The Morgan fingerprint density at radius 2 is 2.22 bits per heavy atom. The maximum atomic E-state index is 12.1. The van der Waals surface area contributed by atoms with E-state index in [1.165, 1.54) is 6.07 Å². The minimum atomic E-state index is -0.303. The second-order valence-electron chi connectivity index (χ2n) is 4.07. The molecule has 1 amide bonds. The van der Waals surface area contributed by atoms with Crippen molar-refractivity contribution in [2.45, 2.75) is 13.0 Å². The van der Waals surface area contributed by atoms with E-state index in [1.807, 2.05) is 18.2 Å². The van der Waals surface area contributed by atoms with Crippen LogP contribution in [0.5, 0.6) is 0 Å². The molecule has 4 nitrogen and oxygen atoms in total. The van der Waals surface area contributed by atoms with E-state index in [2.05, 4.69) is 10.3 Å². The molecule has 0 aliphatic carbocycles. The van der Waals surface area contributed by atoms with Crippen molar-refractivity contribution in [3.8, 4) is 0 Å². The van der Waals surface area contributed by atoms with E-state index in [1.54, 1.807) is 13.0 Å². The van der Waals surface area contributed by atoms with Gasteiger partial charge in [-0.1, -0.05) is 29.8 Å². The zero-order valence-corrected chi connectivity index (χ0v) is 10.6. The molecule has 18 heavy (non-hydrogen) atoms. The van der Waals surface area contributed by atoms with Crippen molar-refractivity contribution in [2.24, 2.45) is 0 Å². The van der Waals surface area contributed by atoms with E-state index in [-0.39, 0.29) is 23.7 Å². The van der Waals surface area contributed by atoms with Crippen molar-refractivity contribution in [3.05, 3.63) is 41.0 Å². The predicted octanol–water partition coefficient (Wildman–Crippen LogP) is 2.00. The molecule has 0 unspecified atom stereocenters. The van der Waals surface area contributed by atoms with Crippen LogP contribution in [0.15, 0.2) is 30.3 Å². The third kappa shape index (κ3) is 2.60. The van der Waals surface area contributed by atoms with Crippen LogP contribution in [-0.4, -0.2) is 28.6 Å². The topological polar surface area (TPSA) is 62.2 Å². The minimum Gasteiger partial charge on any atom is -0.394 e. The highest BCUT2D eigenvalue weighted by Crippen LogP contribution is 2.20. The lowest BCUT2D eigenvalue weighted by Crippen LogP contribution is -2.35. The summed E-state index contributed by atoms with van der Waals surface area (Å²) in [4.78, 5) is 16.2. The Labute approximate surface area is 110 Å². The number of nitrogens with zero attached hydrogens (tertiary/aromatic N) is 1. The van der Waals surface area contributed by atoms with Crippen LogP contribution in [0.25, 0.3) is 10.9 Å². The summed E-state index contributed by atoms with van der Waals surface area (Å²) >= 11 is 5.90. The second kappa shape index (κ2) is 5.33. The minimum absolute atomic E-state index is 0.109. The Balaban J connectivity index is 2.46. The van der Waals surface area contributed by atoms with Crippen molar-refractivity contribution in [2.75, 3.05) is 6.61 Å². The number of carbonyl (C=O) groups is 1. The predicted molar refractivity (Wildman–Crippen MR) is 70.8 cm³/mol. The van der Waals surface area contributed by atoms with E-state index < -0.39 is 0 Å². The number of halogens is 1. The fraction of sp³-hybridized carbons (Fsp3) is 0.231. The molecule has 2 aromatic rings. The summed E-state index contributed by atoms with van der Waals surface area (Å²) in [6.07, 6.45) is 0. The fourth-order valence-corrected chi connectivity index (χ4v) is 1.88. The molecule has 0 spiro atoms. The molecule has 1 aromatic carbocycles. The van der Waals surface area contributed by atoms with Crippen molar-refractivity contribution in [3.63, 3.8) is 0 Å². The molecule has 0 aliphatic rings. The van der Waals surface area contributed by atoms with Gasteiger partial charge in [-0.25, -0.2) is 4.98 Å². The largest absolute Gasteiger partial charge is 0.394 e. The monoisotopic (exact) mass is 264 g/mol. The average Bonchev–Trinajstić information content (AvgIpc) is 2.37. The smallest absolute Gasteiger partial charge is 0.252 e. The molecular formula is C13H13ClN2O2. The fourth-order valence-electron chi connectivity index (χ4n) is 1.68. The van der Waals surface area contributed by atoms with Gasteiger partial charge in [0, 0.05) is 11.4 Å². The molecule has 1 aromatic heterocycles. The van der Waals surface area contributed by atoms with E-state index in [9.17, 15) is 4.79 Å². The van der Waals surface area contributed by atoms with Gasteiger partial charge in [-0.15, -0.1) is 0 Å². The van der Waals surface area contributed by atoms with Crippen LogP contribution in [0.1, 0.15) is 17.3 Å². The number of benzene rings is 1. The van der Waals surface area contributed by atoms with Crippen LogP contribution >= 0.6 is 11.6 Å². The lowest BCUT2D eigenvalue weighted by atomic mass is 10.1. The molecule has 2 N–H and O–H groups in total. The highest BCUT2D eigenvalue weighted by atomic mass is 35.5. The van der Waals surface area contributed by atoms with E-state index in [0.717, 1.165) is 5.39 Å². The zero-order chi connectivity index (χ0) is 13.1. The average molecular weight is 265 g/mol. The number of rotatable bonds is 3. The van der Waals surface area contributed by atoms with Crippen molar-refractivity contribution < 1.29 is 9.90 Å². The number of carbonyl (C=O) groups excluding carboxylic acids is 1. The zero-order valence-electron chi connectivity index (χ0n) is 9.85. The van der Waals surface area contributed by atoms with Crippen molar-refractivity contribution in [1.29, 1.82) is 0 Å². The van der Waals surface area contributed by atoms with Crippen LogP contribution in [0.3, 0.4) is 0 Å². The lowest BCUT2D eigenvalue weighted by Gasteiger charge is -2.12. The van der Waals surface area contributed by atoms with Crippen LogP contribution < -0.4 is 5.32 Å². The Morgan fingerprint density at radius 3 is 2.94 bits per heavy atom. The molecule has 5 heteroatoms. The van der Waals surface area contributed by atoms with Gasteiger partial charge in [0.05, 0.1) is 17.7 Å². The van der Waals surface area contributed by atoms with Gasteiger partial charge < -0.3 is 10.4 Å². The highest BCUT2D eigenvalue weighted by Gasteiger charge is 2.13. The first-order valence-electron chi connectivity index (χ1n) is 5.59. The van der Waals surface area contributed by atoms with Gasteiger partial charge in [0.25, 0.3) is 5.91 Å². The quantitative estimate of drug-likeness (QED) is 0.834. The van der Waals surface area contributed by atoms with Crippen LogP contribution in [0.2, 0.25) is 5.15 Å². The molecule has 94 valence electrons. The number of aliphatic hydroxyl groups excluding tert-OH is 1.